The summed E-state index contributed by atoms with van der Waals surface area (Å²) in [5, 5.41) is 6.84. The maximum atomic E-state index is 5.83. The van der Waals surface area contributed by atoms with Crippen LogP contribution in [-0.4, -0.2) is 83.0 Å². The molecule has 0 saturated carbocycles. The van der Waals surface area contributed by atoms with E-state index >= 15 is 0 Å². The third kappa shape index (κ3) is 6.51. The number of rotatable bonds is 8. The van der Waals surface area contributed by atoms with Crippen molar-refractivity contribution >= 4 is 11.6 Å². The minimum absolute atomic E-state index is 0.0544. The van der Waals surface area contributed by atoms with E-state index in [2.05, 4.69) is 44.5 Å². The molecule has 0 spiro atoms. The first-order chi connectivity index (χ1) is 14.1. The average molecular weight is 404 g/mol. The molecule has 1 aromatic rings. The molecule has 0 amide bonds. The first kappa shape index (κ1) is 21.7. The average Bonchev–Trinajstić information content (AvgIpc) is 3.20. The number of nitrogens with one attached hydrogen (secondary N) is 2. The number of hydrogen-bond donors (Lipinski definition) is 2. The largest absolute Gasteiger partial charge is 0.497 e. The summed E-state index contributed by atoms with van der Waals surface area (Å²) < 4.78 is 11.1. The predicted octanol–water partition coefficient (Wildman–Crippen LogP) is 1.94. The van der Waals surface area contributed by atoms with Gasteiger partial charge >= 0.3 is 0 Å². The van der Waals surface area contributed by atoms with Crippen molar-refractivity contribution in [3.63, 3.8) is 0 Å². The van der Waals surface area contributed by atoms with Crippen LogP contribution in [0.5, 0.6) is 5.75 Å². The van der Waals surface area contributed by atoms with E-state index < -0.39 is 0 Å². The zero-order valence-corrected chi connectivity index (χ0v) is 18.2. The fourth-order valence-corrected chi connectivity index (χ4v) is 4.00. The molecule has 2 aliphatic rings. The molecule has 2 heterocycles. The lowest BCUT2D eigenvalue weighted by Crippen LogP contribution is -2.48. The van der Waals surface area contributed by atoms with Gasteiger partial charge in [0.1, 0.15) is 5.75 Å². The van der Waals surface area contributed by atoms with Gasteiger partial charge in [-0.05, 0) is 57.0 Å². The second-order valence-corrected chi connectivity index (χ2v) is 8.13. The molecule has 7 nitrogen and oxygen atoms in total. The van der Waals surface area contributed by atoms with Gasteiger partial charge in [0.25, 0.3) is 0 Å². The van der Waals surface area contributed by atoms with Crippen LogP contribution in [0.3, 0.4) is 0 Å². The lowest BCUT2D eigenvalue weighted by atomic mass is 10.0. The van der Waals surface area contributed by atoms with Crippen molar-refractivity contribution in [2.24, 2.45) is 4.99 Å². The summed E-state index contributed by atoms with van der Waals surface area (Å²) in [7, 11) is 3.53. The number of nitrogens with zero attached hydrogens (tertiary/aromatic N) is 3. The van der Waals surface area contributed by atoms with Gasteiger partial charge in [0.15, 0.2) is 5.96 Å². The normalized spacial score (nSPS) is 23.3. The number of hydrogen-bond acceptors (Lipinski definition) is 5. The molecule has 1 aromatic carbocycles. The molecular formula is C22H37N5O2. The van der Waals surface area contributed by atoms with E-state index in [0.29, 0.717) is 0 Å². The second kappa shape index (κ2) is 10.7. The molecule has 0 aromatic heterocycles. The van der Waals surface area contributed by atoms with Crippen LogP contribution >= 0.6 is 0 Å². The van der Waals surface area contributed by atoms with E-state index in [1.165, 1.54) is 5.69 Å². The number of piperazine rings is 1. The van der Waals surface area contributed by atoms with Crippen LogP contribution in [0.15, 0.2) is 29.3 Å². The van der Waals surface area contributed by atoms with Gasteiger partial charge in [-0.15, -0.1) is 0 Å². The van der Waals surface area contributed by atoms with Crippen molar-refractivity contribution in [2.45, 2.75) is 31.8 Å². The summed E-state index contributed by atoms with van der Waals surface area (Å²) in [6.45, 7) is 10.2. The summed E-state index contributed by atoms with van der Waals surface area (Å²) in [6.07, 6.45) is 3.37. The standard InChI is InChI=1S/C22H37N5O2/c1-22(10-4-17-29-22)18-25-21(23-2)24-11-5-12-26-13-15-27(16-14-26)19-6-8-20(28-3)9-7-19/h6-9H,4-5,10-18H2,1-3H3,(H2,23,24,25). The molecule has 2 fully saturated rings. The van der Waals surface area contributed by atoms with Crippen molar-refractivity contribution in [3.05, 3.63) is 24.3 Å². The molecule has 2 aliphatic heterocycles. The number of methoxy groups -OCH3 is 1. The molecule has 0 radical (unpaired) electrons. The van der Waals surface area contributed by atoms with E-state index in [-0.39, 0.29) is 5.60 Å². The Morgan fingerprint density at radius 2 is 1.93 bits per heavy atom. The summed E-state index contributed by atoms with van der Waals surface area (Å²) in [6, 6.07) is 8.36. The van der Waals surface area contributed by atoms with Crippen LogP contribution in [0, 0.1) is 0 Å². The fraction of sp³-hybridized carbons (Fsp3) is 0.682. The van der Waals surface area contributed by atoms with Gasteiger partial charge < -0.3 is 25.0 Å². The van der Waals surface area contributed by atoms with Crippen molar-refractivity contribution in [2.75, 3.05) is 71.5 Å². The van der Waals surface area contributed by atoms with Gasteiger partial charge in [-0.1, -0.05) is 0 Å². The van der Waals surface area contributed by atoms with Gasteiger partial charge in [0, 0.05) is 58.6 Å². The number of ether oxygens (including phenoxy) is 2. The maximum Gasteiger partial charge on any atom is 0.191 e. The fourth-order valence-electron chi connectivity index (χ4n) is 4.00. The number of guanidine groups is 1. The zero-order valence-electron chi connectivity index (χ0n) is 18.2. The molecule has 0 aliphatic carbocycles. The van der Waals surface area contributed by atoms with Gasteiger partial charge in [-0.25, -0.2) is 0 Å². The zero-order chi connectivity index (χ0) is 20.5. The van der Waals surface area contributed by atoms with Crippen LogP contribution in [0.1, 0.15) is 26.2 Å². The van der Waals surface area contributed by atoms with E-state index in [1.807, 2.05) is 19.2 Å². The number of anilines is 1. The third-order valence-electron chi connectivity index (χ3n) is 5.91. The molecule has 1 atom stereocenters. The van der Waals surface area contributed by atoms with Gasteiger partial charge in [0.2, 0.25) is 0 Å². The molecule has 29 heavy (non-hydrogen) atoms. The lowest BCUT2D eigenvalue weighted by molar-refractivity contribution is 0.0243. The maximum absolute atomic E-state index is 5.83. The van der Waals surface area contributed by atoms with Crippen LogP contribution in [0.2, 0.25) is 0 Å². The smallest absolute Gasteiger partial charge is 0.191 e. The Kier molecular flexibility index (Phi) is 8.00. The molecule has 3 rings (SSSR count). The molecule has 1 unspecified atom stereocenters. The van der Waals surface area contributed by atoms with E-state index in [4.69, 9.17) is 9.47 Å². The SMILES string of the molecule is CN=C(NCCCN1CCN(c2ccc(OC)cc2)CC1)NCC1(C)CCCO1. The number of aliphatic imine (C=N–C) groups is 1. The Bertz CT molecular complexity index is 635. The monoisotopic (exact) mass is 403 g/mol. The van der Waals surface area contributed by atoms with Crippen molar-refractivity contribution in [1.29, 1.82) is 0 Å². The van der Waals surface area contributed by atoms with Gasteiger partial charge in [-0.2, -0.15) is 0 Å². The first-order valence-electron chi connectivity index (χ1n) is 10.8. The Morgan fingerprint density at radius 1 is 1.17 bits per heavy atom. The van der Waals surface area contributed by atoms with Gasteiger partial charge in [-0.3, -0.25) is 9.89 Å². The van der Waals surface area contributed by atoms with Crippen molar-refractivity contribution in [3.8, 4) is 5.75 Å². The van der Waals surface area contributed by atoms with E-state index in [9.17, 15) is 0 Å². The highest BCUT2D eigenvalue weighted by atomic mass is 16.5. The van der Waals surface area contributed by atoms with Crippen molar-refractivity contribution < 1.29 is 9.47 Å². The third-order valence-corrected chi connectivity index (χ3v) is 5.91. The summed E-state index contributed by atoms with van der Waals surface area (Å²) in [4.78, 5) is 9.33. The number of benzene rings is 1. The van der Waals surface area contributed by atoms with Crippen LogP contribution in [-0.2, 0) is 4.74 Å². The quantitative estimate of drug-likeness (QED) is 0.393. The Morgan fingerprint density at radius 3 is 2.55 bits per heavy atom. The summed E-state index contributed by atoms with van der Waals surface area (Å²) in [5.41, 5.74) is 1.23. The summed E-state index contributed by atoms with van der Waals surface area (Å²) >= 11 is 0. The Balaban J connectivity index is 1.30. The van der Waals surface area contributed by atoms with Crippen LogP contribution in [0.4, 0.5) is 5.69 Å². The van der Waals surface area contributed by atoms with Crippen LogP contribution < -0.4 is 20.3 Å². The molecule has 7 heteroatoms. The van der Waals surface area contributed by atoms with Crippen molar-refractivity contribution in [1.82, 2.24) is 15.5 Å². The first-order valence-corrected chi connectivity index (χ1v) is 10.8. The lowest BCUT2D eigenvalue weighted by Gasteiger charge is -2.36. The van der Waals surface area contributed by atoms with Crippen LogP contribution in [0.25, 0.3) is 0 Å². The highest BCUT2D eigenvalue weighted by molar-refractivity contribution is 5.79. The Labute approximate surface area is 175 Å². The highest BCUT2D eigenvalue weighted by Gasteiger charge is 2.29. The molecular weight excluding hydrogens is 366 g/mol. The summed E-state index contributed by atoms with van der Waals surface area (Å²) in [5.74, 6) is 1.78. The van der Waals surface area contributed by atoms with Gasteiger partial charge in [0.05, 0.1) is 12.7 Å². The van der Waals surface area contributed by atoms with E-state index in [1.54, 1.807) is 7.11 Å². The second-order valence-electron chi connectivity index (χ2n) is 8.13. The Hall–Kier alpha value is -1.99. The molecule has 162 valence electrons. The highest BCUT2D eigenvalue weighted by Crippen LogP contribution is 2.23. The topological polar surface area (TPSA) is 61.4 Å². The van der Waals surface area contributed by atoms with E-state index in [0.717, 1.165) is 83.4 Å². The molecule has 2 N–H and O–H groups in total. The minimum Gasteiger partial charge on any atom is -0.497 e. The predicted molar refractivity (Wildman–Crippen MR) is 119 cm³/mol. The molecule has 2 saturated heterocycles. The minimum atomic E-state index is -0.0544. The molecule has 0 bridgehead atoms.